The van der Waals surface area contributed by atoms with Crippen LogP contribution in [0.25, 0.3) is 0 Å². The van der Waals surface area contributed by atoms with Gasteiger partial charge in [0.05, 0.1) is 0 Å². The molecule has 0 aliphatic rings. The Balaban J connectivity index is 2.44. The zero-order valence-electron chi connectivity index (χ0n) is 9.62. The number of hydrogen-bond acceptors (Lipinski definition) is 1. The maximum Gasteiger partial charge on any atom is 0.126 e. The molecule has 0 aromatic heterocycles. The van der Waals surface area contributed by atoms with Gasteiger partial charge in [0.15, 0.2) is 0 Å². The quantitative estimate of drug-likeness (QED) is 0.851. The summed E-state index contributed by atoms with van der Waals surface area (Å²) in [6.07, 6.45) is -0.836. The van der Waals surface area contributed by atoms with Gasteiger partial charge in [-0.3, -0.25) is 0 Å². The molecule has 0 saturated heterocycles. The van der Waals surface area contributed by atoms with Crippen LogP contribution in [0.2, 0.25) is 5.02 Å². The number of rotatable bonds is 2. The molecule has 18 heavy (non-hydrogen) atoms. The molecule has 1 atom stereocenters. The molecule has 0 amide bonds. The van der Waals surface area contributed by atoms with Crippen molar-refractivity contribution in [2.24, 2.45) is 0 Å². The average molecular weight is 330 g/mol. The first kappa shape index (κ1) is 13.5. The molecular formula is C14H11BrClFO. The van der Waals surface area contributed by atoms with E-state index in [-0.39, 0.29) is 5.82 Å². The highest BCUT2D eigenvalue weighted by molar-refractivity contribution is 9.10. The number of benzene rings is 2. The zero-order valence-corrected chi connectivity index (χ0v) is 12.0. The minimum absolute atomic E-state index is 0.281. The molecule has 2 aromatic carbocycles. The normalized spacial score (nSPS) is 12.5. The fourth-order valence-corrected chi connectivity index (χ4v) is 2.39. The highest BCUT2D eigenvalue weighted by Crippen LogP contribution is 2.31. The van der Waals surface area contributed by atoms with Crippen molar-refractivity contribution in [1.82, 2.24) is 0 Å². The summed E-state index contributed by atoms with van der Waals surface area (Å²) in [5.41, 5.74) is 1.80. The van der Waals surface area contributed by atoms with Gasteiger partial charge in [-0.15, -0.1) is 0 Å². The minimum Gasteiger partial charge on any atom is -0.384 e. The molecule has 0 heterocycles. The van der Waals surface area contributed by atoms with Crippen LogP contribution in [0.3, 0.4) is 0 Å². The Morgan fingerprint density at radius 3 is 2.61 bits per heavy atom. The molecule has 2 aromatic rings. The molecule has 4 heteroatoms. The maximum atomic E-state index is 13.2. The van der Waals surface area contributed by atoms with Crippen LogP contribution in [0.4, 0.5) is 4.39 Å². The average Bonchev–Trinajstić information content (AvgIpc) is 2.35. The third-order valence-corrected chi connectivity index (χ3v) is 3.71. The molecule has 1 unspecified atom stereocenters. The van der Waals surface area contributed by atoms with Crippen molar-refractivity contribution in [3.8, 4) is 0 Å². The van der Waals surface area contributed by atoms with Crippen molar-refractivity contribution < 1.29 is 9.50 Å². The number of aliphatic hydroxyl groups is 1. The van der Waals surface area contributed by atoms with Crippen molar-refractivity contribution in [2.45, 2.75) is 13.0 Å². The second kappa shape index (κ2) is 5.39. The predicted molar refractivity (Wildman–Crippen MR) is 74.4 cm³/mol. The second-order valence-corrected chi connectivity index (χ2v) is 5.37. The van der Waals surface area contributed by atoms with E-state index in [0.717, 1.165) is 4.47 Å². The van der Waals surface area contributed by atoms with Gasteiger partial charge in [0.2, 0.25) is 0 Å². The fraction of sp³-hybridized carbons (Fsp3) is 0.143. The molecule has 2 rings (SSSR count). The van der Waals surface area contributed by atoms with E-state index >= 15 is 0 Å². The van der Waals surface area contributed by atoms with E-state index in [4.69, 9.17) is 11.6 Å². The largest absolute Gasteiger partial charge is 0.384 e. The monoisotopic (exact) mass is 328 g/mol. The summed E-state index contributed by atoms with van der Waals surface area (Å²) in [6.45, 7) is 1.67. The Hall–Kier alpha value is -0.900. The summed E-state index contributed by atoms with van der Waals surface area (Å²) in [6, 6.07) is 9.75. The van der Waals surface area contributed by atoms with Crippen LogP contribution >= 0.6 is 27.5 Å². The van der Waals surface area contributed by atoms with Gasteiger partial charge in [0.25, 0.3) is 0 Å². The minimum atomic E-state index is -0.836. The summed E-state index contributed by atoms with van der Waals surface area (Å²) >= 11 is 9.28. The molecule has 0 fully saturated rings. The van der Waals surface area contributed by atoms with Crippen molar-refractivity contribution in [2.75, 3.05) is 0 Å². The lowest BCUT2D eigenvalue weighted by Gasteiger charge is -2.14. The lowest BCUT2D eigenvalue weighted by Crippen LogP contribution is -2.01. The Morgan fingerprint density at radius 2 is 1.94 bits per heavy atom. The van der Waals surface area contributed by atoms with Gasteiger partial charge in [0, 0.05) is 15.1 Å². The number of halogens is 3. The standard InChI is InChI=1S/C14H11BrClFO/c1-8-6-9(2-5-13(8)17)14(18)11-7-10(16)3-4-12(11)15/h2-7,14,18H,1H3. The van der Waals surface area contributed by atoms with E-state index in [1.54, 1.807) is 37.3 Å². The molecule has 0 bridgehead atoms. The lowest BCUT2D eigenvalue weighted by atomic mass is 10.00. The summed E-state index contributed by atoms with van der Waals surface area (Å²) < 4.78 is 14.0. The Labute approximate surface area is 118 Å². The Kier molecular flexibility index (Phi) is 4.05. The number of hydrogen-bond donors (Lipinski definition) is 1. The Bertz CT molecular complexity index is 586. The smallest absolute Gasteiger partial charge is 0.126 e. The van der Waals surface area contributed by atoms with E-state index in [1.807, 2.05) is 0 Å². The van der Waals surface area contributed by atoms with Gasteiger partial charge in [-0.2, -0.15) is 0 Å². The van der Waals surface area contributed by atoms with Gasteiger partial charge >= 0.3 is 0 Å². The molecular weight excluding hydrogens is 319 g/mol. The summed E-state index contributed by atoms with van der Waals surface area (Å²) in [5, 5.41) is 10.8. The van der Waals surface area contributed by atoms with E-state index in [0.29, 0.717) is 21.7 Å². The molecule has 0 aliphatic heterocycles. The van der Waals surface area contributed by atoms with Crippen LogP contribution in [-0.4, -0.2) is 5.11 Å². The second-order valence-electron chi connectivity index (χ2n) is 4.08. The van der Waals surface area contributed by atoms with E-state index in [9.17, 15) is 9.50 Å². The van der Waals surface area contributed by atoms with Crippen molar-refractivity contribution >= 4 is 27.5 Å². The molecule has 0 aliphatic carbocycles. The van der Waals surface area contributed by atoms with Gasteiger partial charge < -0.3 is 5.11 Å². The van der Waals surface area contributed by atoms with Crippen LogP contribution in [0.5, 0.6) is 0 Å². The first-order chi connectivity index (χ1) is 8.49. The first-order valence-corrected chi connectivity index (χ1v) is 6.55. The highest BCUT2D eigenvalue weighted by atomic mass is 79.9. The predicted octanol–water partition coefficient (Wildman–Crippen LogP) is 4.63. The van der Waals surface area contributed by atoms with E-state index in [1.165, 1.54) is 6.07 Å². The summed E-state index contributed by atoms with van der Waals surface area (Å²) in [4.78, 5) is 0. The van der Waals surface area contributed by atoms with Crippen LogP contribution in [0.15, 0.2) is 40.9 Å². The molecule has 0 saturated carbocycles. The maximum absolute atomic E-state index is 13.2. The molecule has 1 N–H and O–H groups in total. The summed E-state index contributed by atoms with van der Waals surface area (Å²) in [7, 11) is 0. The third-order valence-electron chi connectivity index (χ3n) is 2.75. The highest BCUT2D eigenvalue weighted by Gasteiger charge is 2.15. The van der Waals surface area contributed by atoms with Crippen molar-refractivity contribution in [1.29, 1.82) is 0 Å². The van der Waals surface area contributed by atoms with Gasteiger partial charge in [-0.05, 0) is 42.3 Å². The number of aryl methyl sites for hydroxylation is 1. The van der Waals surface area contributed by atoms with Crippen LogP contribution in [0, 0.1) is 12.7 Å². The van der Waals surface area contributed by atoms with Crippen molar-refractivity contribution in [3.05, 3.63) is 68.4 Å². The Morgan fingerprint density at radius 1 is 1.22 bits per heavy atom. The number of aliphatic hydroxyl groups excluding tert-OH is 1. The SMILES string of the molecule is Cc1cc(C(O)c2cc(Cl)ccc2Br)ccc1F. The van der Waals surface area contributed by atoms with Crippen LogP contribution in [0.1, 0.15) is 22.8 Å². The molecule has 0 radical (unpaired) electrons. The topological polar surface area (TPSA) is 20.2 Å². The van der Waals surface area contributed by atoms with Gasteiger partial charge in [-0.25, -0.2) is 4.39 Å². The van der Waals surface area contributed by atoms with E-state index in [2.05, 4.69) is 15.9 Å². The zero-order chi connectivity index (χ0) is 13.3. The van der Waals surface area contributed by atoms with Gasteiger partial charge in [-0.1, -0.05) is 39.7 Å². The molecule has 94 valence electrons. The molecule has 0 spiro atoms. The summed E-state index contributed by atoms with van der Waals surface area (Å²) in [5.74, 6) is -0.281. The van der Waals surface area contributed by atoms with Crippen LogP contribution in [-0.2, 0) is 0 Å². The van der Waals surface area contributed by atoms with Crippen LogP contribution < -0.4 is 0 Å². The van der Waals surface area contributed by atoms with E-state index < -0.39 is 6.10 Å². The van der Waals surface area contributed by atoms with Gasteiger partial charge in [0.1, 0.15) is 11.9 Å². The first-order valence-electron chi connectivity index (χ1n) is 5.38. The fourth-order valence-electron chi connectivity index (χ4n) is 1.74. The molecule has 1 nitrogen and oxygen atoms in total. The lowest BCUT2D eigenvalue weighted by molar-refractivity contribution is 0.219. The van der Waals surface area contributed by atoms with Crippen molar-refractivity contribution in [3.63, 3.8) is 0 Å². The third kappa shape index (κ3) is 2.74.